The molecule has 0 aliphatic rings. The molecule has 0 saturated carbocycles. The van der Waals surface area contributed by atoms with Crippen LogP contribution in [0.4, 0.5) is 4.39 Å². The second kappa shape index (κ2) is 7.60. The van der Waals surface area contributed by atoms with Gasteiger partial charge in [0.05, 0.1) is 0 Å². The smallest absolute Gasteiger partial charge is 0.165 e. The van der Waals surface area contributed by atoms with Crippen LogP contribution in [0.2, 0.25) is 0 Å². The minimum Gasteiger partial charge on any atom is -0.485 e. The molecule has 1 N–H and O–H groups in total. The number of hydrogen-bond acceptors (Lipinski definition) is 3. The van der Waals surface area contributed by atoms with Gasteiger partial charge in [-0.1, -0.05) is 19.1 Å². The molecule has 20 heavy (non-hydrogen) atoms. The summed E-state index contributed by atoms with van der Waals surface area (Å²) in [5.41, 5.74) is 1.81. The summed E-state index contributed by atoms with van der Waals surface area (Å²) in [6, 6.07) is 8.72. The van der Waals surface area contributed by atoms with Gasteiger partial charge >= 0.3 is 0 Å². The molecule has 0 aliphatic heterocycles. The SMILES string of the molecule is CCCNCc1cccc(F)c1OCc1ccncc1. The van der Waals surface area contributed by atoms with Crippen molar-refractivity contribution in [2.45, 2.75) is 26.5 Å². The number of halogens is 1. The molecule has 0 spiro atoms. The van der Waals surface area contributed by atoms with Gasteiger partial charge in [-0.05, 0) is 36.7 Å². The number of pyridine rings is 1. The maximum atomic E-state index is 13.9. The van der Waals surface area contributed by atoms with Gasteiger partial charge in [0.25, 0.3) is 0 Å². The van der Waals surface area contributed by atoms with Crippen LogP contribution in [0.5, 0.6) is 5.75 Å². The first-order valence-electron chi connectivity index (χ1n) is 6.81. The van der Waals surface area contributed by atoms with Crippen molar-refractivity contribution in [1.82, 2.24) is 10.3 Å². The molecule has 0 amide bonds. The number of hydrogen-bond donors (Lipinski definition) is 1. The van der Waals surface area contributed by atoms with Gasteiger partial charge in [-0.15, -0.1) is 0 Å². The van der Waals surface area contributed by atoms with Gasteiger partial charge < -0.3 is 10.1 Å². The molecule has 2 aromatic rings. The molecule has 4 heteroatoms. The summed E-state index contributed by atoms with van der Waals surface area (Å²) in [4.78, 5) is 3.95. The van der Waals surface area contributed by atoms with Gasteiger partial charge in [-0.25, -0.2) is 4.39 Å². The average Bonchev–Trinajstić information content (AvgIpc) is 2.48. The van der Waals surface area contributed by atoms with E-state index in [1.54, 1.807) is 18.5 Å². The van der Waals surface area contributed by atoms with Crippen LogP contribution in [0.1, 0.15) is 24.5 Å². The number of nitrogens with one attached hydrogen (secondary N) is 1. The third-order valence-corrected chi connectivity index (χ3v) is 2.92. The molecule has 1 heterocycles. The molecule has 1 aromatic heterocycles. The Balaban J connectivity index is 2.05. The largest absolute Gasteiger partial charge is 0.485 e. The molecule has 0 radical (unpaired) electrons. The lowest BCUT2D eigenvalue weighted by Crippen LogP contribution is -2.15. The minimum absolute atomic E-state index is 0.324. The van der Waals surface area contributed by atoms with Crippen LogP contribution in [0.15, 0.2) is 42.7 Å². The van der Waals surface area contributed by atoms with E-state index in [1.165, 1.54) is 6.07 Å². The van der Waals surface area contributed by atoms with Crippen molar-refractivity contribution in [2.24, 2.45) is 0 Å². The first-order chi connectivity index (χ1) is 9.81. The van der Waals surface area contributed by atoms with Crippen LogP contribution in [-0.2, 0) is 13.2 Å². The summed E-state index contributed by atoms with van der Waals surface area (Å²) < 4.78 is 19.5. The van der Waals surface area contributed by atoms with Crippen molar-refractivity contribution in [2.75, 3.05) is 6.54 Å². The summed E-state index contributed by atoms with van der Waals surface area (Å²) in [5.74, 6) is 0.00256. The summed E-state index contributed by atoms with van der Waals surface area (Å²) in [6.45, 7) is 3.95. The van der Waals surface area contributed by atoms with Gasteiger partial charge in [0, 0.05) is 24.5 Å². The Morgan fingerprint density at radius 2 is 2.00 bits per heavy atom. The molecule has 0 aliphatic carbocycles. The Hall–Kier alpha value is -1.94. The van der Waals surface area contributed by atoms with Gasteiger partial charge in [0.15, 0.2) is 11.6 Å². The monoisotopic (exact) mass is 274 g/mol. The zero-order valence-corrected chi connectivity index (χ0v) is 11.6. The van der Waals surface area contributed by atoms with E-state index in [2.05, 4.69) is 17.2 Å². The number of ether oxygens (including phenoxy) is 1. The summed E-state index contributed by atoms with van der Waals surface area (Å²) in [7, 11) is 0. The van der Waals surface area contributed by atoms with Crippen molar-refractivity contribution in [3.8, 4) is 5.75 Å². The van der Waals surface area contributed by atoms with Gasteiger partial charge in [0.1, 0.15) is 6.61 Å². The van der Waals surface area contributed by atoms with Crippen molar-refractivity contribution in [3.05, 3.63) is 59.7 Å². The summed E-state index contributed by atoms with van der Waals surface area (Å²) >= 11 is 0. The maximum Gasteiger partial charge on any atom is 0.165 e. The van der Waals surface area contributed by atoms with Crippen LogP contribution >= 0.6 is 0 Å². The van der Waals surface area contributed by atoms with Crippen molar-refractivity contribution >= 4 is 0 Å². The fraction of sp³-hybridized carbons (Fsp3) is 0.312. The number of para-hydroxylation sites is 1. The topological polar surface area (TPSA) is 34.1 Å². The van der Waals surface area contributed by atoms with E-state index in [9.17, 15) is 4.39 Å². The van der Waals surface area contributed by atoms with Crippen LogP contribution in [0, 0.1) is 5.82 Å². The fourth-order valence-corrected chi connectivity index (χ4v) is 1.89. The number of nitrogens with zero attached hydrogens (tertiary/aromatic N) is 1. The third kappa shape index (κ3) is 4.03. The predicted molar refractivity (Wildman–Crippen MR) is 77.0 cm³/mol. The molecule has 1 aromatic carbocycles. The number of aromatic nitrogens is 1. The summed E-state index contributed by atoms with van der Waals surface area (Å²) in [6.07, 6.45) is 4.44. The molecular formula is C16H19FN2O. The lowest BCUT2D eigenvalue weighted by atomic mass is 10.2. The fourth-order valence-electron chi connectivity index (χ4n) is 1.89. The Kier molecular flexibility index (Phi) is 5.50. The van der Waals surface area contributed by atoms with Crippen molar-refractivity contribution in [3.63, 3.8) is 0 Å². The normalized spacial score (nSPS) is 10.5. The molecule has 2 rings (SSSR count). The number of benzene rings is 1. The van der Waals surface area contributed by atoms with Crippen LogP contribution in [0.3, 0.4) is 0 Å². The van der Waals surface area contributed by atoms with Crippen molar-refractivity contribution < 1.29 is 9.13 Å². The molecule has 0 saturated heterocycles. The Labute approximate surface area is 118 Å². The van der Waals surface area contributed by atoms with E-state index in [0.717, 1.165) is 24.1 Å². The summed E-state index contributed by atoms with van der Waals surface area (Å²) in [5, 5.41) is 3.26. The Morgan fingerprint density at radius 3 is 2.75 bits per heavy atom. The predicted octanol–water partition coefficient (Wildman–Crippen LogP) is 3.30. The van der Waals surface area contributed by atoms with E-state index in [4.69, 9.17) is 4.74 Å². The van der Waals surface area contributed by atoms with Gasteiger partial charge in [-0.3, -0.25) is 4.98 Å². The lowest BCUT2D eigenvalue weighted by molar-refractivity contribution is 0.286. The average molecular weight is 274 g/mol. The van der Waals surface area contributed by atoms with Gasteiger partial charge in [-0.2, -0.15) is 0 Å². The highest BCUT2D eigenvalue weighted by atomic mass is 19.1. The molecule has 0 atom stereocenters. The lowest BCUT2D eigenvalue weighted by Gasteiger charge is -2.13. The molecule has 0 unspecified atom stereocenters. The molecular weight excluding hydrogens is 255 g/mol. The molecule has 0 bridgehead atoms. The van der Waals surface area contributed by atoms with E-state index in [-0.39, 0.29) is 5.82 Å². The van der Waals surface area contributed by atoms with Crippen LogP contribution in [0.25, 0.3) is 0 Å². The highest BCUT2D eigenvalue weighted by Crippen LogP contribution is 2.23. The maximum absolute atomic E-state index is 13.9. The molecule has 106 valence electrons. The van der Waals surface area contributed by atoms with Gasteiger partial charge in [0.2, 0.25) is 0 Å². The zero-order valence-electron chi connectivity index (χ0n) is 11.6. The first kappa shape index (κ1) is 14.5. The molecule has 3 nitrogen and oxygen atoms in total. The Bertz CT molecular complexity index is 531. The number of rotatable bonds is 7. The van der Waals surface area contributed by atoms with E-state index >= 15 is 0 Å². The molecule has 0 fully saturated rings. The standard InChI is InChI=1S/C16H19FN2O/c1-2-8-19-11-14-4-3-5-15(17)16(14)20-12-13-6-9-18-10-7-13/h3-7,9-10,19H,2,8,11-12H2,1H3. The van der Waals surface area contributed by atoms with Crippen molar-refractivity contribution in [1.29, 1.82) is 0 Å². The van der Waals surface area contributed by atoms with E-state index in [1.807, 2.05) is 18.2 Å². The second-order valence-electron chi connectivity index (χ2n) is 4.55. The first-order valence-corrected chi connectivity index (χ1v) is 6.81. The minimum atomic E-state index is -0.324. The third-order valence-electron chi connectivity index (χ3n) is 2.92. The van der Waals surface area contributed by atoms with Crippen LogP contribution in [-0.4, -0.2) is 11.5 Å². The highest BCUT2D eigenvalue weighted by molar-refractivity contribution is 5.35. The highest BCUT2D eigenvalue weighted by Gasteiger charge is 2.09. The van der Waals surface area contributed by atoms with E-state index < -0.39 is 0 Å². The van der Waals surface area contributed by atoms with Crippen LogP contribution < -0.4 is 10.1 Å². The zero-order chi connectivity index (χ0) is 14.2. The Morgan fingerprint density at radius 1 is 1.20 bits per heavy atom. The quantitative estimate of drug-likeness (QED) is 0.787. The second-order valence-corrected chi connectivity index (χ2v) is 4.55. The van der Waals surface area contributed by atoms with E-state index in [0.29, 0.717) is 18.9 Å².